The van der Waals surface area contributed by atoms with E-state index in [4.69, 9.17) is 18.3 Å². The van der Waals surface area contributed by atoms with Gasteiger partial charge < -0.3 is 35.6 Å². The fraction of sp³-hybridized carbons (Fsp3) is 0.136. The van der Waals surface area contributed by atoms with E-state index in [0.717, 1.165) is 33.4 Å². The summed E-state index contributed by atoms with van der Waals surface area (Å²) < 4.78 is 61.3. The van der Waals surface area contributed by atoms with Gasteiger partial charge in [0.05, 0.1) is 31.9 Å². The molecule has 4 aromatic rings. The number of para-hydroxylation sites is 1. The first-order chi connectivity index (χ1) is 15.3. The highest BCUT2D eigenvalue weighted by molar-refractivity contribution is 6.50. The Kier molecular flexibility index (Phi) is 7.24. The van der Waals surface area contributed by atoms with Crippen molar-refractivity contribution in [3.63, 3.8) is 0 Å². The standard InChI is InChI=1S/C22H19NO4.BF4/c1-24-20-10-9-15(12-22(20)25-2)21-13-18(23-14-16-6-5-11-26-16)17-7-3-4-8-19(17)27-21;2-1(3,4)5/h3-13H,14H2,1-2H3;/q;-1/p+1. The van der Waals surface area contributed by atoms with Gasteiger partial charge in [0.2, 0.25) is 5.36 Å². The van der Waals surface area contributed by atoms with Crippen molar-refractivity contribution in [1.82, 2.24) is 0 Å². The van der Waals surface area contributed by atoms with E-state index < -0.39 is 7.25 Å². The average molecular weight is 449 g/mol. The van der Waals surface area contributed by atoms with Gasteiger partial charge in [0.15, 0.2) is 23.8 Å². The van der Waals surface area contributed by atoms with Crippen LogP contribution < -0.4 is 19.8 Å². The molecule has 2 aromatic heterocycles. The molecular weight excluding hydrogens is 429 g/mol. The van der Waals surface area contributed by atoms with E-state index in [1.165, 1.54) is 0 Å². The van der Waals surface area contributed by atoms with Crippen LogP contribution in [0.5, 0.6) is 11.5 Å². The second kappa shape index (κ2) is 10.1. The number of fused-ring (bicyclic) bond motifs is 1. The third-order valence-electron chi connectivity index (χ3n) is 4.37. The fourth-order valence-electron chi connectivity index (χ4n) is 3.01. The van der Waals surface area contributed by atoms with E-state index in [0.29, 0.717) is 18.0 Å². The van der Waals surface area contributed by atoms with Gasteiger partial charge in [-0.25, -0.2) is 4.99 Å². The maximum Gasteiger partial charge on any atom is 0.673 e. The third kappa shape index (κ3) is 6.16. The zero-order valence-electron chi connectivity index (χ0n) is 17.3. The highest BCUT2D eigenvalue weighted by atomic mass is 19.5. The van der Waals surface area contributed by atoms with Crippen LogP contribution >= 0.6 is 0 Å². The third-order valence-corrected chi connectivity index (χ3v) is 4.37. The Hall–Kier alpha value is -3.69. The van der Waals surface area contributed by atoms with Crippen LogP contribution in [0, 0.1) is 0 Å². The molecule has 0 aliphatic carbocycles. The van der Waals surface area contributed by atoms with Gasteiger partial charge in [-0.2, -0.15) is 0 Å². The first-order valence-electron chi connectivity index (χ1n) is 9.50. The summed E-state index contributed by atoms with van der Waals surface area (Å²) in [6, 6.07) is 19.5. The topological polar surface area (TPSA) is 58.7 Å². The van der Waals surface area contributed by atoms with Crippen molar-refractivity contribution < 1.29 is 40.6 Å². The zero-order valence-corrected chi connectivity index (χ0v) is 17.3. The number of benzene rings is 2. The zero-order chi connectivity index (χ0) is 23.1. The molecule has 4 rings (SSSR count). The number of halogens is 4. The molecule has 2 aromatic carbocycles. The van der Waals surface area contributed by atoms with Crippen LogP contribution in [0.4, 0.5) is 17.3 Å². The van der Waals surface area contributed by atoms with Gasteiger partial charge in [0.25, 0.3) is 0 Å². The summed E-state index contributed by atoms with van der Waals surface area (Å²) in [5.41, 5.74) is 1.70. The molecule has 2 heterocycles. The van der Waals surface area contributed by atoms with Crippen molar-refractivity contribution in [2.24, 2.45) is 0 Å². The van der Waals surface area contributed by atoms with E-state index in [9.17, 15) is 17.3 Å². The second-order valence-electron chi connectivity index (χ2n) is 6.52. The molecule has 10 heteroatoms. The Labute approximate surface area is 181 Å². The summed E-state index contributed by atoms with van der Waals surface area (Å²) in [6.07, 6.45) is 1.67. The lowest BCUT2D eigenvalue weighted by molar-refractivity contribution is -0.519. The van der Waals surface area contributed by atoms with Crippen LogP contribution in [0.1, 0.15) is 5.76 Å². The lowest BCUT2D eigenvalue weighted by Gasteiger charge is -2.09. The lowest BCUT2D eigenvalue weighted by atomic mass is 10.1. The van der Waals surface area contributed by atoms with Crippen molar-refractivity contribution in [3.8, 4) is 22.8 Å². The van der Waals surface area contributed by atoms with E-state index in [1.807, 2.05) is 60.7 Å². The monoisotopic (exact) mass is 449 g/mol. The quantitative estimate of drug-likeness (QED) is 0.367. The highest BCUT2D eigenvalue weighted by Crippen LogP contribution is 2.32. The summed E-state index contributed by atoms with van der Waals surface area (Å²) >= 11 is 0. The summed E-state index contributed by atoms with van der Waals surface area (Å²) in [7, 11) is -2.76. The van der Waals surface area contributed by atoms with Crippen molar-refractivity contribution in [1.29, 1.82) is 0 Å². The molecule has 0 spiro atoms. The molecule has 0 saturated carbocycles. The van der Waals surface area contributed by atoms with Gasteiger partial charge in [-0.1, -0.05) is 12.1 Å². The minimum Gasteiger partial charge on any atom is -0.493 e. The van der Waals surface area contributed by atoms with Crippen LogP contribution in [-0.4, -0.2) is 21.5 Å². The molecule has 0 unspecified atom stereocenters. The summed E-state index contributed by atoms with van der Waals surface area (Å²) in [6.45, 7) is 0.590. The van der Waals surface area contributed by atoms with E-state index in [1.54, 1.807) is 20.5 Å². The Morgan fingerprint density at radius 2 is 1.59 bits per heavy atom. The molecule has 0 bridgehead atoms. The summed E-state index contributed by atoms with van der Waals surface area (Å²) in [4.78, 5) is 3.44. The maximum absolute atomic E-state index is 9.75. The van der Waals surface area contributed by atoms with Gasteiger partial charge in [-0.3, -0.25) is 0 Å². The van der Waals surface area contributed by atoms with Crippen molar-refractivity contribution in [2.75, 3.05) is 14.2 Å². The normalized spacial score (nSPS) is 11.8. The van der Waals surface area contributed by atoms with Crippen LogP contribution in [0.25, 0.3) is 22.3 Å². The molecule has 0 atom stereocenters. The number of furan rings is 1. The number of rotatable bonds is 5. The van der Waals surface area contributed by atoms with Gasteiger partial charge in [0, 0.05) is 5.56 Å². The van der Waals surface area contributed by atoms with Crippen LogP contribution in [0.3, 0.4) is 0 Å². The number of nitrogens with one attached hydrogen (secondary N) is 1. The Morgan fingerprint density at radius 1 is 0.875 bits per heavy atom. The molecule has 0 fully saturated rings. The first kappa shape index (κ1) is 23.0. The van der Waals surface area contributed by atoms with Gasteiger partial charge in [-0.15, -0.1) is 0 Å². The van der Waals surface area contributed by atoms with Gasteiger partial charge in [-0.05, 0) is 42.5 Å². The molecule has 5 nitrogen and oxygen atoms in total. The predicted octanol–water partition coefficient (Wildman–Crippen LogP) is 4.19. The molecule has 0 amide bonds. The number of ether oxygens (including phenoxy) is 2. The minimum atomic E-state index is -6.00. The molecule has 0 aliphatic rings. The molecule has 0 saturated heterocycles. The smallest absolute Gasteiger partial charge is 0.493 e. The number of hydrogen-bond donors (Lipinski definition) is 1. The Morgan fingerprint density at radius 3 is 2.25 bits per heavy atom. The predicted molar refractivity (Wildman–Crippen MR) is 111 cm³/mol. The van der Waals surface area contributed by atoms with E-state index in [-0.39, 0.29) is 0 Å². The second-order valence-corrected chi connectivity index (χ2v) is 6.52. The van der Waals surface area contributed by atoms with E-state index >= 15 is 0 Å². The lowest BCUT2D eigenvalue weighted by Crippen LogP contribution is -2.74. The maximum atomic E-state index is 9.75. The summed E-state index contributed by atoms with van der Waals surface area (Å²) in [5, 5.41) is 1.98. The largest absolute Gasteiger partial charge is 0.673 e. The Bertz CT molecular complexity index is 1230. The van der Waals surface area contributed by atoms with Gasteiger partial charge >= 0.3 is 7.25 Å². The first-order valence-corrected chi connectivity index (χ1v) is 9.50. The van der Waals surface area contributed by atoms with Gasteiger partial charge in [0.1, 0.15) is 11.3 Å². The van der Waals surface area contributed by atoms with E-state index in [2.05, 4.69) is 4.99 Å². The van der Waals surface area contributed by atoms with Crippen molar-refractivity contribution in [2.45, 2.75) is 6.54 Å². The Balaban J connectivity index is 0.000000523. The van der Waals surface area contributed by atoms with Crippen molar-refractivity contribution in [3.05, 3.63) is 78.0 Å². The van der Waals surface area contributed by atoms with Crippen molar-refractivity contribution >= 4 is 18.2 Å². The molecule has 168 valence electrons. The number of methoxy groups -OCH3 is 2. The van der Waals surface area contributed by atoms with Crippen LogP contribution in [-0.2, 0) is 6.54 Å². The molecule has 1 N–H and O–H groups in total. The molecular formula is C22H20BF4NO4. The number of hydrogen-bond acceptors (Lipinski definition) is 4. The minimum absolute atomic E-state index is 0.590. The average Bonchev–Trinajstić information content (AvgIpc) is 3.29. The molecule has 0 aliphatic heterocycles. The molecule has 0 radical (unpaired) electrons. The van der Waals surface area contributed by atoms with Crippen LogP contribution in [0.15, 0.2) is 75.8 Å². The highest BCUT2D eigenvalue weighted by Gasteiger charge is 2.20. The fourth-order valence-corrected chi connectivity index (χ4v) is 3.01. The molecule has 32 heavy (non-hydrogen) atoms. The summed E-state index contributed by atoms with van der Waals surface area (Å²) in [5.74, 6) is 2.94. The SMILES string of the molecule is COc1ccc(-c2cc(=[NH+]Cc3ccco3)c3ccccc3o2)cc1OC.F[B-](F)(F)F. The van der Waals surface area contributed by atoms with Crippen LogP contribution in [0.2, 0.25) is 0 Å².